The molecule has 2 aromatic rings. The van der Waals surface area contributed by atoms with Gasteiger partial charge in [0.2, 0.25) is 5.95 Å². The zero-order valence-electron chi connectivity index (χ0n) is 17.0. The van der Waals surface area contributed by atoms with Crippen LogP contribution >= 0.6 is 23.4 Å². The molecule has 2 heterocycles. The molecular formula is C19H22ClN5O5S. The normalized spacial score (nSPS) is 16.6. The van der Waals surface area contributed by atoms with Gasteiger partial charge in [0.05, 0.1) is 35.3 Å². The monoisotopic (exact) mass is 467 g/mol. The van der Waals surface area contributed by atoms with Crippen LogP contribution < -0.4 is 10.6 Å². The lowest BCUT2D eigenvalue weighted by Gasteiger charge is -2.31. The Bertz CT molecular complexity index is 972. The van der Waals surface area contributed by atoms with E-state index < -0.39 is 16.9 Å². The summed E-state index contributed by atoms with van der Waals surface area (Å²) in [5.41, 5.74) is 6.93. The SMILES string of the molecule is COC(=O)CSc1cc(Cl)c(C2COCCCN2c2cc(C)nc(N)n2)cc1[N+](=O)[O-]. The van der Waals surface area contributed by atoms with Gasteiger partial charge >= 0.3 is 5.97 Å². The van der Waals surface area contributed by atoms with Crippen LogP contribution in [0.15, 0.2) is 23.1 Å². The molecule has 0 aliphatic carbocycles. The third kappa shape index (κ3) is 5.54. The summed E-state index contributed by atoms with van der Waals surface area (Å²) in [6, 6.07) is 4.33. The second-order valence-corrected chi connectivity index (χ2v) is 8.25. The standard InChI is InChI=1S/C19H22ClN5O5S/c1-11-6-17(23-19(21)22-11)24-4-3-5-30-9-15(24)12-7-14(25(27)28)16(8-13(12)20)31-10-18(26)29-2/h6-8,15H,3-5,9-10H2,1-2H3,(H2,21,22,23). The fraction of sp³-hybridized carbons (Fsp3) is 0.421. The predicted molar refractivity (Wildman–Crippen MR) is 118 cm³/mol. The molecule has 0 amide bonds. The van der Waals surface area contributed by atoms with Gasteiger partial charge in [0, 0.05) is 41.6 Å². The number of methoxy groups -OCH3 is 1. The molecule has 1 unspecified atom stereocenters. The summed E-state index contributed by atoms with van der Waals surface area (Å²) in [5.74, 6) is 0.194. The average Bonchev–Trinajstić information content (AvgIpc) is 2.97. The van der Waals surface area contributed by atoms with Gasteiger partial charge in [-0.15, -0.1) is 11.8 Å². The van der Waals surface area contributed by atoms with Gasteiger partial charge in [0.15, 0.2) is 0 Å². The molecule has 1 aromatic carbocycles. The van der Waals surface area contributed by atoms with Crippen LogP contribution in [-0.2, 0) is 14.3 Å². The van der Waals surface area contributed by atoms with E-state index in [9.17, 15) is 14.9 Å². The van der Waals surface area contributed by atoms with Crippen LogP contribution in [0.2, 0.25) is 5.02 Å². The number of aromatic nitrogens is 2. The summed E-state index contributed by atoms with van der Waals surface area (Å²) in [6.45, 7) is 3.23. The first-order valence-corrected chi connectivity index (χ1v) is 10.8. The lowest BCUT2D eigenvalue weighted by atomic mass is 10.0. The highest BCUT2D eigenvalue weighted by atomic mass is 35.5. The van der Waals surface area contributed by atoms with Crippen LogP contribution in [-0.4, -0.2) is 53.5 Å². The maximum atomic E-state index is 11.7. The van der Waals surface area contributed by atoms with E-state index in [2.05, 4.69) is 14.7 Å². The molecule has 1 aliphatic rings. The highest BCUT2D eigenvalue weighted by molar-refractivity contribution is 8.00. The first kappa shape index (κ1) is 23.0. The second-order valence-electron chi connectivity index (χ2n) is 6.83. The van der Waals surface area contributed by atoms with E-state index >= 15 is 0 Å². The number of hydrogen-bond donors (Lipinski definition) is 1. The molecule has 2 N–H and O–H groups in total. The van der Waals surface area contributed by atoms with Crippen molar-refractivity contribution < 1.29 is 19.2 Å². The van der Waals surface area contributed by atoms with Gasteiger partial charge in [0.1, 0.15) is 5.82 Å². The minimum Gasteiger partial charge on any atom is -0.468 e. The zero-order valence-corrected chi connectivity index (χ0v) is 18.6. The van der Waals surface area contributed by atoms with E-state index in [-0.39, 0.29) is 28.9 Å². The number of nitrogens with two attached hydrogens (primary N) is 1. The Morgan fingerprint density at radius 2 is 2.23 bits per heavy atom. The number of nitrogen functional groups attached to an aromatic ring is 1. The smallest absolute Gasteiger partial charge is 0.315 e. The van der Waals surface area contributed by atoms with Crippen LogP contribution in [0.3, 0.4) is 0 Å². The summed E-state index contributed by atoms with van der Waals surface area (Å²) in [5, 5.41) is 12.1. The predicted octanol–water partition coefficient (Wildman–Crippen LogP) is 3.16. The Labute approximate surface area is 188 Å². The minimum atomic E-state index is -0.492. The lowest BCUT2D eigenvalue weighted by molar-refractivity contribution is -0.387. The molecule has 31 heavy (non-hydrogen) atoms. The molecule has 12 heteroatoms. The van der Waals surface area contributed by atoms with Crippen molar-refractivity contribution in [1.29, 1.82) is 0 Å². The zero-order chi connectivity index (χ0) is 22.5. The van der Waals surface area contributed by atoms with E-state index in [0.29, 0.717) is 35.2 Å². The first-order valence-electron chi connectivity index (χ1n) is 9.43. The Morgan fingerprint density at radius 3 is 2.90 bits per heavy atom. The highest BCUT2D eigenvalue weighted by Gasteiger charge is 2.30. The van der Waals surface area contributed by atoms with Crippen LogP contribution in [0.4, 0.5) is 17.5 Å². The summed E-state index contributed by atoms with van der Waals surface area (Å²) in [6.07, 6.45) is 0.742. The topological polar surface area (TPSA) is 134 Å². The number of ether oxygens (including phenoxy) is 2. The molecular weight excluding hydrogens is 446 g/mol. The molecule has 1 aromatic heterocycles. The van der Waals surface area contributed by atoms with Crippen molar-refractivity contribution in [2.45, 2.75) is 24.3 Å². The number of rotatable bonds is 6. The molecule has 1 atom stereocenters. The van der Waals surface area contributed by atoms with Gasteiger partial charge in [-0.05, 0) is 19.4 Å². The van der Waals surface area contributed by atoms with Gasteiger partial charge in [0.25, 0.3) is 5.69 Å². The van der Waals surface area contributed by atoms with Crippen LogP contribution in [0, 0.1) is 17.0 Å². The number of esters is 1. The van der Waals surface area contributed by atoms with E-state index in [1.165, 1.54) is 19.2 Å². The number of carbonyl (C=O) groups is 1. The largest absolute Gasteiger partial charge is 0.468 e. The molecule has 0 saturated carbocycles. The average molecular weight is 468 g/mol. The fourth-order valence-corrected chi connectivity index (χ4v) is 4.53. The van der Waals surface area contributed by atoms with Gasteiger partial charge in [-0.1, -0.05) is 11.6 Å². The van der Waals surface area contributed by atoms with Crippen molar-refractivity contribution in [3.05, 3.63) is 44.6 Å². The number of hydrogen-bond acceptors (Lipinski definition) is 10. The number of halogens is 1. The molecule has 3 rings (SSSR count). The van der Waals surface area contributed by atoms with E-state index in [1.807, 2.05) is 11.8 Å². The quantitative estimate of drug-likeness (QED) is 0.292. The lowest BCUT2D eigenvalue weighted by Crippen LogP contribution is -2.32. The molecule has 166 valence electrons. The van der Waals surface area contributed by atoms with Crippen molar-refractivity contribution in [2.75, 3.05) is 43.3 Å². The third-order valence-electron chi connectivity index (χ3n) is 4.70. The summed E-state index contributed by atoms with van der Waals surface area (Å²) >= 11 is 7.57. The Morgan fingerprint density at radius 1 is 1.45 bits per heavy atom. The van der Waals surface area contributed by atoms with Crippen molar-refractivity contribution >= 4 is 46.8 Å². The number of benzene rings is 1. The minimum absolute atomic E-state index is 0.0643. The highest BCUT2D eigenvalue weighted by Crippen LogP contribution is 2.40. The van der Waals surface area contributed by atoms with Crippen molar-refractivity contribution in [1.82, 2.24) is 9.97 Å². The van der Waals surface area contributed by atoms with Crippen LogP contribution in [0.25, 0.3) is 0 Å². The number of anilines is 2. The maximum Gasteiger partial charge on any atom is 0.315 e. The fourth-order valence-electron chi connectivity index (χ4n) is 3.30. The van der Waals surface area contributed by atoms with Crippen molar-refractivity contribution in [3.8, 4) is 0 Å². The summed E-state index contributed by atoms with van der Waals surface area (Å²) < 4.78 is 10.4. The Hall–Kier alpha value is -2.63. The number of thioether (sulfide) groups is 1. The molecule has 0 spiro atoms. The van der Waals surface area contributed by atoms with Crippen molar-refractivity contribution in [2.24, 2.45) is 0 Å². The molecule has 0 radical (unpaired) electrons. The third-order valence-corrected chi connectivity index (χ3v) is 6.04. The summed E-state index contributed by atoms with van der Waals surface area (Å²) in [4.78, 5) is 33.4. The Balaban J connectivity index is 2.03. The van der Waals surface area contributed by atoms with Gasteiger partial charge in [-0.3, -0.25) is 14.9 Å². The molecule has 10 nitrogen and oxygen atoms in total. The maximum absolute atomic E-state index is 11.7. The number of carbonyl (C=O) groups excluding carboxylic acids is 1. The molecule has 0 bridgehead atoms. The Kier molecular flexibility index (Phi) is 7.52. The number of aryl methyl sites for hydroxylation is 1. The van der Waals surface area contributed by atoms with Crippen LogP contribution in [0.1, 0.15) is 23.7 Å². The van der Waals surface area contributed by atoms with Gasteiger partial charge in [-0.2, -0.15) is 4.98 Å². The number of nitro groups is 1. The van der Waals surface area contributed by atoms with E-state index in [1.54, 1.807) is 6.07 Å². The van der Waals surface area contributed by atoms with E-state index in [4.69, 9.17) is 22.1 Å². The van der Waals surface area contributed by atoms with Crippen molar-refractivity contribution in [3.63, 3.8) is 0 Å². The van der Waals surface area contributed by atoms with Gasteiger partial charge < -0.3 is 20.1 Å². The first-order chi connectivity index (χ1) is 14.8. The molecule has 1 saturated heterocycles. The number of nitrogens with zero attached hydrogens (tertiary/aromatic N) is 4. The molecule has 1 aliphatic heterocycles. The van der Waals surface area contributed by atoms with E-state index in [0.717, 1.165) is 18.2 Å². The van der Waals surface area contributed by atoms with Crippen LogP contribution in [0.5, 0.6) is 0 Å². The van der Waals surface area contributed by atoms with Gasteiger partial charge in [-0.25, -0.2) is 4.98 Å². The molecule has 1 fully saturated rings. The second kappa shape index (κ2) is 10.1. The number of nitro benzene ring substituents is 1. The summed E-state index contributed by atoms with van der Waals surface area (Å²) in [7, 11) is 1.26.